The molecule has 2 saturated heterocycles. The number of hydrogen-bond acceptors (Lipinski definition) is 5. The molecule has 2 atom stereocenters. The van der Waals surface area contributed by atoms with E-state index in [1.54, 1.807) is 0 Å². The van der Waals surface area contributed by atoms with Crippen molar-refractivity contribution in [1.29, 1.82) is 0 Å². The second-order valence-corrected chi connectivity index (χ2v) is 10.1. The van der Waals surface area contributed by atoms with Crippen LogP contribution in [0.1, 0.15) is 62.5 Å². The molecule has 2 aromatic carbocycles. The summed E-state index contributed by atoms with van der Waals surface area (Å²) in [4.78, 5) is 15.3. The van der Waals surface area contributed by atoms with Gasteiger partial charge >= 0.3 is 6.09 Å². The first kappa shape index (κ1) is 24.3. The number of aliphatic hydroxyl groups is 1. The van der Waals surface area contributed by atoms with Gasteiger partial charge in [-0.25, -0.2) is 4.79 Å². The van der Waals surface area contributed by atoms with E-state index in [2.05, 4.69) is 48.5 Å². The Bertz CT molecular complexity index is 964. The molecule has 0 saturated carbocycles. The van der Waals surface area contributed by atoms with E-state index in [9.17, 15) is 9.90 Å². The smallest absolute Gasteiger partial charge is 0.410 e. The topological polar surface area (TPSA) is 68.2 Å². The minimum atomic E-state index is -0.790. The molecule has 35 heavy (non-hydrogen) atoms. The van der Waals surface area contributed by atoms with E-state index in [0.717, 1.165) is 19.3 Å². The lowest BCUT2D eigenvalue weighted by molar-refractivity contribution is -0.0985. The Morgan fingerprint density at radius 2 is 1.54 bits per heavy atom. The van der Waals surface area contributed by atoms with Crippen molar-refractivity contribution in [2.45, 2.75) is 69.1 Å². The molecule has 2 unspecified atom stereocenters. The predicted molar refractivity (Wildman–Crippen MR) is 134 cm³/mol. The van der Waals surface area contributed by atoms with Crippen LogP contribution in [0, 0.1) is 0 Å². The Hall–Kier alpha value is -2.41. The number of amides is 1. The van der Waals surface area contributed by atoms with E-state index in [1.807, 2.05) is 11.8 Å². The Morgan fingerprint density at radius 3 is 2.17 bits per heavy atom. The maximum Gasteiger partial charge on any atom is 0.410 e. The number of benzene rings is 2. The van der Waals surface area contributed by atoms with E-state index in [4.69, 9.17) is 14.2 Å². The summed E-state index contributed by atoms with van der Waals surface area (Å²) in [6.45, 7) is 4.61. The predicted octanol–water partition coefficient (Wildman–Crippen LogP) is 5.13. The van der Waals surface area contributed by atoms with E-state index < -0.39 is 5.60 Å². The number of ether oxygens (including phenoxy) is 3. The summed E-state index contributed by atoms with van der Waals surface area (Å²) >= 11 is 0. The SMILES string of the molecule is CCOCCOCCC1(O)CC2CCCC(C1)N2C(=O)OCC1c2ccccc2-c2ccccc21. The molecule has 5 rings (SSSR count). The van der Waals surface area contributed by atoms with Crippen molar-refractivity contribution >= 4 is 6.09 Å². The van der Waals surface area contributed by atoms with E-state index in [-0.39, 0.29) is 24.1 Å². The molecule has 1 amide bonds. The number of nitrogens with zero attached hydrogens (tertiary/aromatic N) is 1. The van der Waals surface area contributed by atoms with Crippen LogP contribution in [0.5, 0.6) is 0 Å². The maximum atomic E-state index is 13.3. The van der Waals surface area contributed by atoms with Gasteiger partial charge in [-0.15, -0.1) is 0 Å². The lowest BCUT2D eigenvalue weighted by Gasteiger charge is -2.51. The molecule has 2 bridgehead atoms. The highest BCUT2D eigenvalue weighted by atomic mass is 16.6. The fourth-order valence-corrected chi connectivity index (χ4v) is 6.32. The molecule has 6 heteroatoms. The van der Waals surface area contributed by atoms with Crippen LogP contribution in [-0.4, -0.2) is 66.8 Å². The molecule has 188 valence electrons. The molecule has 0 spiro atoms. The monoisotopic (exact) mass is 479 g/mol. The quantitative estimate of drug-likeness (QED) is 0.505. The molecule has 2 aromatic rings. The zero-order valence-corrected chi connectivity index (χ0v) is 20.7. The fraction of sp³-hybridized carbons (Fsp3) is 0.552. The van der Waals surface area contributed by atoms with Gasteiger partial charge in [0.1, 0.15) is 6.61 Å². The van der Waals surface area contributed by atoms with Crippen molar-refractivity contribution in [2.75, 3.05) is 33.0 Å². The van der Waals surface area contributed by atoms with Crippen LogP contribution in [0.15, 0.2) is 48.5 Å². The molecule has 0 radical (unpaired) electrons. The van der Waals surface area contributed by atoms with Gasteiger partial charge in [-0.05, 0) is 67.7 Å². The Morgan fingerprint density at radius 1 is 0.943 bits per heavy atom. The lowest BCUT2D eigenvalue weighted by atomic mass is 9.74. The number of rotatable bonds is 9. The minimum Gasteiger partial charge on any atom is -0.448 e. The van der Waals surface area contributed by atoms with Crippen LogP contribution in [0.2, 0.25) is 0 Å². The summed E-state index contributed by atoms with van der Waals surface area (Å²) in [5.41, 5.74) is 4.11. The minimum absolute atomic E-state index is 0.0200. The zero-order valence-electron chi connectivity index (χ0n) is 20.7. The van der Waals surface area contributed by atoms with Crippen molar-refractivity contribution in [3.8, 4) is 11.1 Å². The number of piperidine rings is 2. The second kappa shape index (κ2) is 10.7. The molecular weight excluding hydrogens is 442 g/mol. The van der Waals surface area contributed by atoms with Crippen molar-refractivity contribution in [1.82, 2.24) is 4.90 Å². The average Bonchev–Trinajstić information content (AvgIpc) is 3.18. The van der Waals surface area contributed by atoms with Crippen molar-refractivity contribution in [2.24, 2.45) is 0 Å². The van der Waals surface area contributed by atoms with Crippen LogP contribution in [-0.2, 0) is 14.2 Å². The third-order valence-electron chi connectivity index (χ3n) is 7.93. The summed E-state index contributed by atoms with van der Waals surface area (Å²) in [5.74, 6) is 0.0572. The van der Waals surface area contributed by atoms with Crippen LogP contribution in [0.3, 0.4) is 0 Å². The van der Waals surface area contributed by atoms with E-state index in [1.165, 1.54) is 22.3 Å². The molecular formula is C29H37NO5. The normalized spacial score (nSPS) is 25.3. The molecule has 2 aliphatic heterocycles. The lowest BCUT2D eigenvalue weighted by Crippen LogP contribution is -2.60. The maximum absolute atomic E-state index is 13.3. The van der Waals surface area contributed by atoms with Crippen LogP contribution in [0.25, 0.3) is 11.1 Å². The highest BCUT2D eigenvalue weighted by Crippen LogP contribution is 2.45. The number of hydrogen-bond donors (Lipinski definition) is 1. The van der Waals surface area contributed by atoms with Crippen molar-refractivity contribution < 1.29 is 24.1 Å². The van der Waals surface area contributed by atoms with Gasteiger partial charge < -0.3 is 24.2 Å². The average molecular weight is 480 g/mol. The van der Waals surface area contributed by atoms with Gasteiger partial charge in [-0.2, -0.15) is 0 Å². The van der Waals surface area contributed by atoms with Crippen molar-refractivity contribution in [3.05, 3.63) is 59.7 Å². The third kappa shape index (κ3) is 5.11. The first-order valence-electron chi connectivity index (χ1n) is 13.1. The molecule has 2 fully saturated rings. The summed E-state index contributed by atoms with van der Waals surface area (Å²) in [6.07, 6.45) is 4.43. The number of carbonyl (C=O) groups is 1. The highest BCUT2D eigenvalue weighted by Gasteiger charge is 2.47. The van der Waals surface area contributed by atoms with Gasteiger partial charge in [0.25, 0.3) is 0 Å². The Balaban J connectivity index is 1.20. The van der Waals surface area contributed by atoms with Gasteiger partial charge in [-0.3, -0.25) is 0 Å². The third-order valence-corrected chi connectivity index (χ3v) is 7.93. The summed E-state index contributed by atoms with van der Waals surface area (Å²) in [5, 5.41) is 11.3. The standard InChI is InChI=1S/C29H37NO5/c1-2-33-16-17-34-15-14-29(32)18-21-8-7-9-22(19-29)30(21)28(31)35-20-27-25-12-5-3-10-23(25)24-11-4-6-13-26(24)27/h3-6,10-13,21-22,27,32H,2,7-9,14-20H2,1H3. The fourth-order valence-electron chi connectivity index (χ4n) is 6.32. The molecule has 0 aromatic heterocycles. The second-order valence-electron chi connectivity index (χ2n) is 10.1. The summed E-state index contributed by atoms with van der Waals surface area (Å²) in [6, 6.07) is 16.8. The number of fused-ring (bicyclic) bond motifs is 5. The molecule has 1 N–H and O–H groups in total. The van der Waals surface area contributed by atoms with Gasteiger partial charge in [0, 0.05) is 31.2 Å². The first-order chi connectivity index (χ1) is 17.1. The summed E-state index contributed by atoms with van der Waals surface area (Å²) in [7, 11) is 0. The largest absolute Gasteiger partial charge is 0.448 e. The summed E-state index contributed by atoms with van der Waals surface area (Å²) < 4.78 is 17.0. The Kier molecular flexibility index (Phi) is 7.42. The van der Waals surface area contributed by atoms with Gasteiger partial charge in [-0.1, -0.05) is 48.5 Å². The van der Waals surface area contributed by atoms with Crippen LogP contribution in [0.4, 0.5) is 4.79 Å². The van der Waals surface area contributed by atoms with Gasteiger partial charge in [0.15, 0.2) is 0 Å². The highest BCUT2D eigenvalue weighted by molar-refractivity contribution is 5.79. The van der Waals surface area contributed by atoms with Crippen molar-refractivity contribution in [3.63, 3.8) is 0 Å². The zero-order chi connectivity index (χ0) is 24.3. The van der Waals surface area contributed by atoms with Gasteiger partial charge in [0.2, 0.25) is 0 Å². The molecule has 3 aliphatic rings. The molecule has 1 aliphatic carbocycles. The first-order valence-corrected chi connectivity index (χ1v) is 13.1. The van der Waals surface area contributed by atoms with E-state index >= 15 is 0 Å². The molecule has 2 heterocycles. The molecule has 6 nitrogen and oxygen atoms in total. The van der Waals surface area contributed by atoms with Gasteiger partial charge in [0.05, 0.1) is 18.8 Å². The Labute approximate surface area is 208 Å². The van der Waals surface area contributed by atoms with Crippen LogP contribution >= 0.6 is 0 Å². The van der Waals surface area contributed by atoms with E-state index in [0.29, 0.717) is 52.3 Å². The number of carbonyl (C=O) groups excluding carboxylic acids is 1. The van der Waals surface area contributed by atoms with Crippen LogP contribution < -0.4 is 0 Å².